The number of fused-ring (bicyclic) bond motifs is 1. The van der Waals surface area contributed by atoms with Gasteiger partial charge in [0.05, 0.1) is 35.7 Å². The zero-order valence-electron chi connectivity index (χ0n) is 20.0. The molecule has 0 aliphatic carbocycles. The molecule has 8 heteroatoms. The number of carbonyl (C=O) groups excluding carboxylic acids is 3. The van der Waals surface area contributed by atoms with Crippen molar-refractivity contribution in [2.75, 3.05) is 31.6 Å². The van der Waals surface area contributed by atoms with E-state index in [-0.39, 0.29) is 24.8 Å². The molecular formula is C27H28N4O4. The maximum absolute atomic E-state index is 13.5. The Hall–Kier alpha value is -3.99. The fourth-order valence-electron chi connectivity index (χ4n) is 4.56. The Labute approximate surface area is 204 Å². The van der Waals surface area contributed by atoms with Gasteiger partial charge in [0.2, 0.25) is 0 Å². The van der Waals surface area contributed by atoms with Gasteiger partial charge in [-0.3, -0.25) is 19.4 Å². The fourth-order valence-corrected chi connectivity index (χ4v) is 4.56. The number of ether oxygens (including phenoxy) is 1. The van der Waals surface area contributed by atoms with Crippen LogP contribution in [0.15, 0.2) is 47.5 Å². The van der Waals surface area contributed by atoms with Gasteiger partial charge in [0.25, 0.3) is 11.8 Å². The van der Waals surface area contributed by atoms with Gasteiger partial charge < -0.3 is 14.5 Å². The summed E-state index contributed by atoms with van der Waals surface area (Å²) in [4.78, 5) is 47.2. The zero-order valence-corrected chi connectivity index (χ0v) is 20.0. The number of anilines is 1. The number of likely N-dealkylation sites (N-methyl/N-ethyl adjacent to an activating group) is 1. The van der Waals surface area contributed by atoms with Crippen LogP contribution in [0.5, 0.6) is 0 Å². The third kappa shape index (κ3) is 5.09. The van der Waals surface area contributed by atoms with Gasteiger partial charge in [0.15, 0.2) is 0 Å². The van der Waals surface area contributed by atoms with Crippen LogP contribution in [0.3, 0.4) is 0 Å². The number of amides is 2. The normalized spacial score (nSPS) is 17.9. The quantitative estimate of drug-likeness (QED) is 0.593. The first-order valence-corrected chi connectivity index (χ1v) is 11.8. The van der Waals surface area contributed by atoms with E-state index >= 15 is 0 Å². The minimum absolute atomic E-state index is 0.156. The Kier molecular flexibility index (Phi) is 7.25. The van der Waals surface area contributed by atoms with Crippen LogP contribution in [-0.2, 0) is 25.5 Å². The van der Waals surface area contributed by atoms with Gasteiger partial charge in [-0.1, -0.05) is 24.3 Å². The summed E-state index contributed by atoms with van der Waals surface area (Å²) in [5.74, 6) is -0.818. The molecule has 0 aromatic heterocycles. The molecule has 8 nitrogen and oxygen atoms in total. The van der Waals surface area contributed by atoms with Crippen molar-refractivity contribution in [3.05, 3.63) is 64.2 Å². The van der Waals surface area contributed by atoms with E-state index in [1.165, 1.54) is 0 Å². The Bertz CT molecular complexity index is 1300. The highest BCUT2D eigenvalue weighted by Crippen LogP contribution is 2.18. The van der Waals surface area contributed by atoms with Gasteiger partial charge in [-0.2, -0.15) is 5.26 Å². The van der Waals surface area contributed by atoms with Gasteiger partial charge in [-0.25, -0.2) is 0 Å². The summed E-state index contributed by atoms with van der Waals surface area (Å²) >= 11 is 0. The van der Waals surface area contributed by atoms with Crippen molar-refractivity contribution in [1.82, 2.24) is 4.90 Å². The van der Waals surface area contributed by atoms with E-state index in [0.717, 1.165) is 18.4 Å². The molecule has 0 saturated carbocycles. The first-order chi connectivity index (χ1) is 16.9. The van der Waals surface area contributed by atoms with E-state index in [1.54, 1.807) is 54.1 Å². The Morgan fingerprint density at radius 3 is 2.51 bits per heavy atom. The standard InChI is InChI=1S/C27H28N4O4/c1-3-35-24(32)16-21(26(33)31-13-4-5-14-31)20-7-6-8-23-25(20)29-22(27(34)30(23)2)15-18-9-11-19(17-28)12-10-18/h6-12,22H,3-5,13-16H2,1-2H3. The van der Waals surface area contributed by atoms with Crippen LogP contribution in [0.1, 0.15) is 37.3 Å². The van der Waals surface area contributed by atoms with E-state index in [2.05, 4.69) is 6.07 Å². The lowest BCUT2D eigenvalue weighted by molar-refractivity contribution is -0.142. The van der Waals surface area contributed by atoms with E-state index < -0.39 is 12.0 Å². The minimum Gasteiger partial charge on any atom is -0.466 e. The molecule has 1 unspecified atom stereocenters. The number of hydrogen-bond donors (Lipinski definition) is 0. The van der Waals surface area contributed by atoms with Crippen LogP contribution in [0.2, 0.25) is 0 Å². The lowest BCUT2D eigenvalue weighted by Gasteiger charge is -2.27. The highest BCUT2D eigenvalue weighted by Gasteiger charge is 2.30. The van der Waals surface area contributed by atoms with Gasteiger partial charge >= 0.3 is 5.97 Å². The van der Waals surface area contributed by atoms with Crippen molar-refractivity contribution in [3.63, 3.8) is 0 Å². The number of benzene rings is 2. The van der Waals surface area contributed by atoms with Gasteiger partial charge in [0.1, 0.15) is 6.04 Å². The Morgan fingerprint density at radius 2 is 1.86 bits per heavy atom. The molecule has 2 aromatic rings. The number of rotatable bonds is 6. The average Bonchev–Trinajstić information content (AvgIpc) is 3.41. The number of nitriles is 1. The molecule has 2 heterocycles. The highest BCUT2D eigenvalue weighted by atomic mass is 16.5. The molecule has 1 fully saturated rings. The predicted octanol–water partition coefficient (Wildman–Crippen LogP) is 1.49. The SMILES string of the molecule is CCOC(=O)CC(C(=O)N1CCCC1)=c1cccc2c1=NC(Cc1ccc(C#N)cc1)C(=O)N2C. The molecule has 1 saturated heterocycles. The van der Waals surface area contributed by atoms with Gasteiger partial charge in [-0.05, 0) is 43.5 Å². The van der Waals surface area contributed by atoms with Crippen molar-refractivity contribution in [3.8, 4) is 6.07 Å². The number of carbonyl (C=O) groups is 3. The topological polar surface area (TPSA) is 103 Å². The molecule has 180 valence electrons. The first kappa shape index (κ1) is 24.1. The van der Waals surface area contributed by atoms with Crippen molar-refractivity contribution in [2.45, 2.75) is 38.6 Å². The lowest BCUT2D eigenvalue weighted by atomic mass is 10.0. The lowest BCUT2D eigenvalue weighted by Crippen LogP contribution is -2.49. The summed E-state index contributed by atoms with van der Waals surface area (Å²) in [6, 6.07) is 13.8. The summed E-state index contributed by atoms with van der Waals surface area (Å²) < 4.78 is 5.16. The van der Waals surface area contributed by atoms with Crippen LogP contribution >= 0.6 is 0 Å². The van der Waals surface area contributed by atoms with Crippen LogP contribution in [-0.4, -0.2) is 55.5 Å². The van der Waals surface area contributed by atoms with Crippen LogP contribution in [0.4, 0.5) is 5.69 Å². The number of esters is 1. The maximum Gasteiger partial charge on any atom is 0.310 e. The summed E-state index contributed by atoms with van der Waals surface area (Å²) in [7, 11) is 1.69. The van der Waals surface area contributed by atoms with Gasteiger partial charge in [-0.15, -0.1) is 0 Å². The van der Waals surface area contributed by atoms with E-state index in [9.17, 15) is 14.4 Å². The molecule has 0 spiro atoms. The summed E-state index contributed by atoms with van der Waals surface area (Å²) in [5.41, 5.74) is 2.36. The predicted molar refractivity (Wildman–Crippen MR) is 130 cm³/mol. The molecular weight excluding hydrogens is 444 g/mol. The third-order valence-electron chi connectivity index (χ3n) is 6.39. The van der Waals surface area contributed by atoms with Gasteiger partial charge in [0, 0.05) is 37.3 Å². The molecule has 2 aliphatic rings. The number of hydrogen-bond acceptors (Lipinski definition) is 6. The third-order valence-corrected chi connectivity index (χ3v) is 6.39. The molecule has 2 aliphatic heterocycles. The monoisotopic (exact) mass is 472 g/mol. The Morgan fingerprint density at radius 1 is 1.14 bits per heavy atom. The van der Waals surface area contributed by atoms with E-state index in [0.29, 0.717) is 46.9 Å². The van der Waals surface area contributed by atoms with Crippen LogP contribution in [0, 0.1) is 11.3 Å². The highest BCUT2D eigenvalue weighted by molar-refractivity contribution is 6.17. The first-order valence-electron chi connectivity index (χ1n) is 11.8. The van der Waals surface area contributed by atoms with Crippen molar-refractivity contribution in [1.29, 1.82) is 5.26 Å². The van der Waals surface area contributed by atoms with Crippen LogP contribution in [0.25, 0.3) is 5.57 Å². The van der Waals surface area contributed by atoms with Crippen molar-refractivity contribution < 1.29 is 19.1 Å². The molecule has 1 atom stereocenters. The maximum atomic E-state index is 13.5. The smallest absolute Gasteiger partial charge is 0.310 e. The second-order valence-corrected chi connectivity index (χ2v) is 8.69. The second kappa shape index (κ2) is 10.5. The molecule has 0 radical (unpaired) electrons. The molecule has 2 aromatic carbocycles. The van der Waals surface area contributed by atoms with Crippen molar-refractivity contribution >= 4 is 29.0 Å². The molecule has 4 rings (SSSR count). The molecule has 35 heavy (non-hydrogen) atoms. The molecule has 0 bridgehead atoms. The summed E-state index contributed by atoms with van der Waals surface area (Å²) in [6.45, 7) is 3.26. The van der Waals surface area contributed by atoms with Crippen LogP contribution < -0.4 is 15.5 Å². The molecule has 2 amide bonds. The zero-order chi connectivity index (χ0) is 24.9. The average molecular weight is 473 g/mol. The number of likely N-dealkylation sites (tertiary alicyclic amines) is 1. The fraction of sp³-hybridized carbons (Fsp3) is 0.370. The van der Waals surface area contributed by atoms with E-state index in [4.69, 9.17) is 15.0 Å². The molecule has 0 N–H and O–H groups in total. The van der Waals surface area contributed by atoms with E-state index in [1.807, 2.05) is 12.1 Å². The number of nitrogens with zero attached hydrogens (tertiary/aromatic N) is 4. The Balaban J connectivity index is 1.84. The largest absolute Gasteiger partial charge is 0.466 e. The second-order valence-electron chi connectivity index (χ2n) is 8.69. The number of para-hydroxylation sites is 1. The minimum atomic E-state index is -0.688. The summed E-state index contributed by atoms with van der Waals surface area (Å²) in [5, 5.41) is 10.1. The van der Waals surface area contributed by atoms with Crippen molar-refractivity contribution in [2.24, 2.45) is 4.99 Å². The summed E-state index contributed by atoms with van der Waals surface area (Å²) in [6.07, 6.45) is 2.06.